The molecule has 1 rings (SSSR count). The van der Waals surface area contributed by atoms with E-state index in [1.54, 1.807) is 0 Å². The van der Waals surface area contributed by atoms with Crippen LogP contribution in [0.25, 0.3) is 0 Å². The molecule has 0 spiro atoms. The molecule has 0 bridgehead atoms. The summed E-state index contributed by atoms with van der Waals surface area (Å²) in [7, 11) is 0. The first-order valence-corrected chi connectivity index (χ1v) is 10.2. The lowest BCUT2D eigenvalue weighted by atomic mass is 10.00. The Bertz CT molecular complexity index is 346. The molecule has 0 aliphatic heterocycles. The Hall–Kier alpha value is -0.820. The van der Waals surface area contributed by atoms with Gasteiger partial charge in [-0.15, -0.1) is 0 Å². The Morgan fingerprint density at radius 3 is 1.91 bits per heavy atom. The van der Waals surface area contributed by atoms with Crippen molar-refractivity contribution in [2.75, 3.05) is 6.54 Å². The van der Waals surface area contributed by atoms with Crippen molar-refractivity contribution in [2.45, 2.75) is 96.9 Å². The van der Waals surface area contributed by atoms with Gasteiger partial charge in [-0.05, 0) is 24.9 Å². The highest BCUT2D eigenvalue weighted by Crippen LogP contribution is 2.20. The summed E-state index contributed by atoms with van der Waals surface area (Å²) < 4.78 is 0. The molecule has 1 aromatic carbocycles. The molecule has 1 atom stereocenters. The molecule has 23 heavy (non-hydrogen) atoms. The van der Waals surface area contributed by atoms with Crippen molar-refractivity contribution in [1.29, 1.82) is 0 Å². The van der Waals surface area contributed by atoms with Gasteiger partial charge in [-0.3, -0.25) is 0 Å². The van der Waals surface area contributed by atoms with Gasteiger partial charge in [0.15, 0.2) is 0 Å². The van der Waals surface area contributed by atoms with Gasteiger partial charge < -0.3 is 5.32 Å². The second-order valence-corrected chi connectivity index (χ2v) is 6.89. The van der Waals surface area contributed by atoms with Crippen molar-refractivity contribution in [3.05, 3.63) is 35.9 Å². The second kappa shape index (κ2) is 14.8. The summed E-state index contributed by atoms with van der Waals surface area (Å²) in [5.74, 6) is 0. The van der Waals surface area contributed by atoms with Crippen LogP contribution < -0.4 is 5.32 Å². The molecule has 1 heteroatoms. The van der Waals surface area contributed by atoms with Crippen molar-refractivity contribution < 1.29 is 0 Å². The standard InChI is InChI=1S/C22H39N/c1-3-5-7-8-9-10-11-16-20-23-22(19-13-6-4-2)21-17-14-12-15-18-21/h12,14-15,17-18,22-23H,3-11,13,16,19-20H2,1-2H3. The smallest absolute Gasteiger partial charge is 0.0320 e. The van der Waals surface area contributed by atoms with Gasteiger partial charge in [-0.2, -0.15) is 0 Å². The Kier molecular flexibility index (Phi) is 13.0. The lowest BCUT2D eigenvalue weighted by molar-refractivity contribution is 0.459. The van der Waals surface area contributed by atoms with Crippen LogP contribution in [0.2, 0.25) is 0 Å². The molecule has 0 amide bonds. The Morgan fingerprint density at radius 2 is 1.26 bits per heavy atom. The fourth-order valence-electron chi connectivity index (χ4n) is 3.21. The Labute approximate surface area is 145 Å². The van der Waals surface area contributed by atoms with E-state index >= 15 is 0 Å². The van der Waals surface area contributed by atoms with E-state index in [1.807, 2.05) is 0 Å². The number of rotatable bonds is 15. The number of hydrogen-bond acceptors (Lipinski definition) is 1. The highest BCUT2D eigenvalue weighted by Gasteiger charge is 2.09. The summed E-state index contributed by atoms with van der Waals surface area (Å²) in [4.78, 5) is 0. The minimum Gasteiger partial charge on any atom is -0.310 e. The molecule has 132 valence electrons. The van der Waals surface area contributed by atoms with E-state index in [1.165, 1.54) is 89.2 Å². The minimum atomic E-state index is 0.548. The average Bonchev–Trinajstić information content (AvgIpc) is 2.59. The molecule has 0 aromatic heterocycles. The lowest BCUT2D eigenvalue weighted by Crippen LogP contribution is -2.22. The van der Waals surface area contributed by atoms with Crippen LogP contribution in [0.15, 0.2) is 30.3 Å². The maximum atomic E-state index is 3.81. The predicted molar refractivity (Wildman–Crippen MR) is 104 cm³/mol. The molecule has 1 nitrogen and oxygen atoms in total. The van der Waals surface area contributed by atoms with Crippen molar-refractivity contribution in [3.8, 4) is 0 Å². The fraction of sp³-hybridized carbons (Fsp3) is 0.727. The zero-order valence-corrected chi connectivity index (χ0v) is 15.7. The van der Waals surface area contributed by atoms with Crippen LogP contribution in [-0.4, -0.2) is 6.54 Å². The maximum absolute atomic E-state index is 3.81. The van der Waals surface area contributed by atoms with Crippen LogP contribution in [0.4, 0.5) is 0 Å². The summed E-state index contributed by atoms with van der Waals surface area (Å²) in [5, 5.41) is 3.81. The summed E-state index contributed by atoms with van der Waals surface area (Å²) in [6, 6.07) is 11.5. The molecule has 0 saturated carbocycles. The van der Waals surface area contributed by atoms with Crippen LogP contribution in [0.3, 0.4) is 0 Å². The van der Waals surface area contributed by atoms with Gasteiger partial charge in [0, 0.05) is 6.04 Å². The zero-order chi connectivity index (χ0) is 16.6. The zero-order valence-electron chi connectivity index (χ0n) is 15.7. The molecule has 0 saturated heterocycles. The molecular weight excluding hydrogens is 278 g/mol. The molecule has 1 unspecified atom stereocenters. The van der Waals surface area contributed by atoms with Gasteiger partial charge in [0.05, 0.1) is 0 Å². The summed E-state index contributed by atoms with van der Waals surface area (Å²) in [6.07, 6.45) is 16.4. The van der Waals surface area contributed by atoms with Crippen molar-refractivity contribution in [1.82, 2.24) is 5.32 Å². The summed E-state index contributed by atoms with van der Waals surface area (Å²) in [6.45, 7) is 5.74. The highest BCUT2D eigenvalue weighted by molar-refractivity contribution is 5.18. The summed E-state index contributed by atoms with van der Waals surface area (Å²) in [5.41, 5.74) is 1.46. The maximum Gasteiger partial charge on any atom is 0.0320 e. The molecule has 0 aliphatic carbocycles. The third kappa shape index (κ3) is 10.5. The Balaban J connectivity index is 2.16. The molecular formula is C22H39N. The van der Waals surface area contributed by atoms with Gasteiger partial charge in [-0.25, -0.2) is 0 Å². The molecule has 0 radical (unpaired) electrons. The number of unbranched alkanes of at least 4 members (excludes halogenated alkanes) is 9. The van der Waals surface area contributed by atoms with E-state index in [0.29, 0.717) is 6.04 Å². The van der Waals surface area contributed by atoms with Gasteiger partial charge in [0.25, 0.3) is 0 Å². The number of nitrogens with one attached hydrogen (secondary N) is 1. The van der Waals surface area contributed by atoms with Gasteiger partial charge >= 0.3 is 0 Å². The van der Waals surface area contributed by atoms with E-state index in [9.17, 15) is 0 Å². The fourth-order valence-corrected chi connectivity index (χ4v) is 3.21. The lowest BCUT2D eigenvalue weighted by Gasteiger charge is -2.19. The second-order valence-electron chi connectivity index (χ2n) is 6.89. The molecule has 1 aromatic rings. The Morgan fingerprint density at radius 1 is 0.696 bits per heavy atom. The van der Waals surface area contributed by atoms with E-state index in [0.717, 1.165) is 0 Å². The first-order chi connectivity index (χ1) is 11.4. The van der Waals surface area contributed by atoms with E-state index in [-0.39, 0.29) is 0 Å². The van der Waals surface area contributed by atoms with Crippen LogP contribution >= 0.6 is 0 Å². The van der Waals surface area contributed by atoms with Crippen molar-refractivity contribution in [3.63, 3.8) is 0 Å². The first-order valence-electron chi connectivity index (χ1n) is 10.2. The van der Waals surface area contributed by atoms with Crippen LogP contribution in [0.5, 0.6) is 0 Å². The SMILES string of the molecule is CCCCCCCCCCNC(CCCCC)c1ccccc1. The third-order valence-corrected chi connectivity index (χ3v) is 4.72. The quantitative estimate of drug-likeness (QED) is 0.342. The molecule has 0 heterocycles. The average molecular weight is 318 g/mol. The normalized spacial score (nSPS) is 12.4. The largest absolute Gasteiger partial charge is 0.310 e. The third-order valence-electron chi connectivity index (χ3n) is 4.72. The van der Waals surface area contributed by atoms with E-state index in [2.05, 4.69) is 49.5 Å². The van der Waals surface area contributed by atoms with Crippen molar-refractivity contribution in [2.24, 2.45) is 0 Å². The molecule has 1 N–H and O–H groups in total. The van der Waals surface area contributed by atoms with Gasteiger partial charge in [-0.1, -0.05) is 108 Å². The van der Waals surface area contributed by atoms with Crippen LogP contribution in [-0.2, 0) is 0 Å². The first kappa shape index (κ1) is 20.2. The molecule has 0 aliphatic rings. The van der Waals surface area contributed by atoms with Crippen molar-refractivity contribution >= 4 is 0 Å². The topological polar surface area (TPSA) is 12.0 Å². The van der Waals surface area contributed by atoms with Gasteiger partial charge in [0.1, 0.15) is 0 Å². The van der Waals surface area contributed by atoms with E-state index < -0.39 is 0 Å². The monoisotopic (exact) mass is 317 g/mol. The highest BCUT2D eigenvalue weighted by atomic mass is 14.9. The predicted octanol–water partition coefficient (Wildman–Crippen LogP) is 7.04. The van der Waals surface area contributed by atoms with Gasteiger partial charge in [0.2, 0.25) is 0 Å². The minimum absolute atomic E-state index is 0.548. The number of hydrogen-bond donors (Lipinski definition) is 1. The summed E-state index contributed by atoms with van der Waals surface area (Å²) >= 11 is 0. The van der Waals surface area contributed by atoms with E-state index in [4.69, 9.17) is 0 Å². The number of benzene rings is 1. The van der Waals surface area contributed by atoms with Crippen LogP contribution in [0, 0.1) is 0 Å². The molecule has 0 fully saturated rings. The van der Waals surface area contributed by atoms with Crippen LogP contribution in [0.1, 0.15) is 103 Å².